The number of aromatic nitrogens is 1. The number of carbonyl (C=O) groups excluding carboxylic acids is 1. The maximum Gasteiger partial charge on any atom is 0.239 e. The number of aliphatic hydroxyl groups is 2. The summed E-state index contributed by atoms with van der Waals surface area (Å²) in [5.41, 5.74) is 0. The number of anilines is 1. The van der Waals surface area contributed by atoms with E-state index in [0.29, 0.717) is 30.4 Å². The quantitative estimate of drug-likeness (QED) is 0.747. The Morgan fingerprint density at radius 2 is 2.35 bits per heavy atom. The number of nitrogens with zero attached hydrogens (tertiary/aromatic N) is 2. The maximum absolute atomic E-state index is 11.9. The summed E-state index contributed by atoms with van der Waals surface area (Å²) in [5.74, 6) is 0.0910. The molecule has 1 aromatic rings. The third-order valence-electron chi connectivity index (χ3n) is 3.37. The average Bonchev–Trinajstić information content (AvgIpc) is 2.43. The topological polar surface area (TPSA) is 85.7 Å². The minimum Gasteiger partial charge on any atom is -0.396 e. The molecule has 0 saturated carbocycles. The lowest BCUT2D eigenvalue weighted by molar-refractivity contribution is -0.118. The van der Waals surface area contributed by atoms with E-state index in [1.807, 2.05) is 4.90 Å². The lowest BCUT2D eigenvalue weighted by Crippen LogP contribution is -2.47. The van der Waals surface area contributed by atoms with Gasteiger partial charge in [-0.1, -0.05) is 11.6 Å². The highest BCUT2D eigenvalue weighted by atomic mass is 35.5. The number of hydrogen-bond donors (Lipinski definition) is 3. The number of aliphatic hydroxyl groups excluding tert-OH is 2. The number of pyridine rings is 1. The monoisotopic (exact) mass is 299 g/mol. The summed E-state index contributed by atoms with van der Waals surface area (Å²) in [5, 5.41) is 22.0. The van der Waals surface area contributed by atoms with Crippen molar-refractivity contribution in [3.63, 3.8) is 0 Å². The fourth-order valence-corrected chi connectivity index (χ4v) is 2.37. The molecule has 2 rings (SSSR count). The van der Waals surface area contributed by atoms with Gasteiger partial charge in [0.05, 0.1) is 17.7 Å². The van der Waals surface area contributed by atoms with Crippen LogP contribution in [0.4, 0.5) is 5.82 Å². The number of hydrogen-bond acceptors (Lipinski definition) is 5. The molecule has 20 heavy (non-hydrogen) atoms. The molecule has 1 aromatic heterocycles. The molecule has 1 aliphatic rings. The van der Waals surface area contributed by atoms with Gasteiger partial charge in [-0.15, -0.1) is 0 Å². The van der Waals surface area contributed by atoms with Crippen LogP contribution in [0.15, 0.2) is 18.3 Å². The van der Waals surface area contributed by atoms with Gasteiger partial charge in [0.2, 0.25) is 5.91 Å². The maximum atomic E-state index is 11.9. The largest absolute Gasteiger partial charge is 0.396 e. The second kappa shape index (κ2) is 6.99. The first-order valence-corrected chi connectivity index (χ1v) is 6.89. The van der Waals surface area contributed by atoms with E-state index in [4.69, 9.17) is 16.7 Å². The fraction of sp³-hybridized carbons (Fsp3) is 0.538. The fourth-order valence-electron chi connectivity index (χ4n) is 2.25. The molecular weight excluding hydrogens is 282 g/mol. The average molecular weight is 300 g/mol. The molecule has 1 saturated heterocycles. The smallest absolute Gasteiger partial charge is 0.239 e. The molecule has 7 heteroatoms. The van der Waals surface area contributed by atoms with Crippen LogP contribution in [0.25, 0.3) is 0 Å². The van der Waals surface area contributed by atoms with Gasteiger partial charge in [-0.3, -0.25) is 9.69 Å². The normalized spacial score (nSPS) is 23.6. The molecular formula is C13H18ClN3O3. The Hall–Kier alpha value is -1.21. The van der Waals surface area contributed by atoms with Crippen molar-refractivity contribution in [1.29, 1.82) is 0 Å². The zero-order valence-corrected chi connectivity index (χ0v) is 11.8. The van der Waals surface area contributed by atoms with E-state index >= 15 is 0 Å². The summed E-state index contributed by atoms with van der Waals surface area (Å²) in [6.45, 7) is 1.30. The van der Waals surface area contributed by atoms with E-state index in [1.165, 1.54) is 6.20 Å². The Kier molecular flexibility index (Phi) is 5.31. The van der Waals surface area contributed by atoms with Crippen LogP contribution in [0.1, 0.15) is 6.42 Å². The van der Waals surface area contributed by atoms with Gasteiger partial charge >= 0.3 is 0 Å². The van der Waals surface area contributed by atoms with Crippen LogP contribution in [-0.4, -0.2) is 58.3 Å². The highest BCUT2D eigenvalue weighted by Crippen LogP contribution is 2.16. The van der Waals surface area contributed by atoms with Crippen molar-refractivity contribution in [3.8, 4) is 0 Å². The molecule has 2 atom stereocenters. The van der Waals surface area contributed by atoms with E-state index in [1.54, 1.807) is 12.1 Å². The predicted molar refractivity (Wildman–Crippen MR) is 75.5 cm³/mol. The van der Waals surface area contributed by atoms with Crippen LogP contribution < -0.4 is 5.32 Å². The van der Waals surface area contributed by atoms with Gasteiger partial charge in [-0.05, 0) is 18.6 Å². The zero-order chi connectivity index (χ0) is 14.5. The van der Waals surface area contributed by atoms with Gasteiger partial charge in [0, 0.05) is 31.8 Å². The van der Waals surface area contributed by atoms with Crippen molar-refractivity contribution in [2.24, 2.45) is 5.92 Å². The number of piperidine rings is 1. The Labute approximate surface area is 122 Å². The first kappa shape index (κ1) is 15.2. The molecule has 0 unspecified atom stereocenters. The van der Waals surface area contributed by atoms with Crippen molar-refractivity contribution in [2.75, 3.05) is 31.6 Å². The van der Waals surface area contributed by atoms with Crippen molar-refractivity contribution < 1.29 is 15.0 Å². The van der Waals surface area contributed by atoms with E-state index in [-0.39, 0.29) is 25.0 Å². The first-order valence-electron chi connectivity index (χ1n) is 6.51. The van der Waals surface area contributed by atoms with Crippen molar-refractivity contribution in [2.45, 2.75) is 12.5 Å². The van der Waals surface area contributed by atoms with Crippen LogP contribution in [0.5, 0.6) is 0 Å². The number of amides is 1. The Morgan fingerprint density at radius 1 is 1.55 bits per heavy atom. The van der Waals surface area contributed by atoms with Crippen LogP contribution in [0, 0.1) is 5.92 Å². The highest BCUT2D eigenvalue weighted by molar-refractivity contribution is 6.30. The van der Waals surface area contributed by atoms with E-state index in [2.05, 4.69) is 10.3 Å². The SMILES string of the molecule is O=C(CN1CC[C@H](O)[C@H](CO)C1)Nc1ccc(Cl)cn1. The summed E-state index contributed by atoms with van der Waals surface area (Å²) >= 11 is 5.72. The summed E-state index contributed by atoms with van der Waals surface area (Å²) in [4.78, 5) is 17.8. The van der Waals surface area contributed by atoms with Crippen molar-refractivity contribution in [1.82, 2.24) is 9.88 Å². The number of likely N-dealkylation sites (tertiary alicyclic amines) is 1. The molecule has 0 bridgehead atoms. The molecule has 1 fully saturated rings. The molecule has 0 aromatic carbocycles. The Bertz CT molecular complexity index is 455. The summed E-state index contributed by atoms with van der Waals surface area (Å²) < 4.78 is 0. The van der Waals surface area contributed by atoms with Crippen LogP contribution in [-0.2, 0) is 4.79 Å². The zero-order valence-electron chi connectivity index (χ0n) is 11.0. The molecule has 1 amide bonds. The number of rotatable bonds is 4. The summed E-state index contributed by atoms with van der Waals surface area (Å²) in [6, 6.07) is 3.29. The van der Waals surface area contributed by atoms with Crippen molar-refractivity contribution >= 4 is 23.3 Å². The first-order chi connectivity index (χ1) is 9.58. The van der Waals surface area contributed by atoms with Crippen LogP contribution >= 0.6 is 11.6 Å². The number of carbonyl (C=O) groups is 1. The summed E-state index contributed by atoms with van der Waals surface area (Å²) in [6.07, 6.45) is 1.55. The number of halogens is 1. The second-order valence-electron chi connectivity index (χ2n) is 4.94. The van der Waals surface area contributed by atoms with Crippen LogP contribution in [0.3, 0.4) is 0 Å². The molecule has 0 radical (unpaired) electrons. The lowest BCUT2D eigenvalue weighted by Gasteiger charge is -2.34. The highest BCUT2D eigenvalue weighted by Gasteiger charge is 2.28. The number of nitrogens with one attached hydrogen (secondary N) is 1. The molecule has 110 valence electrons. The summed E-state index contributed by atoms with van der Waals surface area (Å²) in [7, 11) is 0. The van der Waals surface area contributed by atoms with Gasteiger partial charge in [0.15, 0.2) is 0 Å². The minimum absolute atomic E-state index is 0.0714. The third kappa shape index (κ3) is 4.14. The van der Waals surface area contributed by atoms with E-state index in [0.717, 1.165) is 0 Å². The Morgan fingerprint density at radius 3 is 3.00 bits per heavy atom. The standard InChI is InChI=1S/C13H18ClN3O3/c14-10-1-2-12(15-5-10)16-13(20)7-17-4-3-11(19)9(6-17)8-18/h1-2,5,9,11,18-19H,3-4,6-8H2,(H,15,16,20)/t9-,11-/m0/s1. The molecule has 6 nitrogen and oxygen atoms in total. The van der Waals surface area contributed by atoms with Gasteiger partial charge in [-0.25, -0.2) is 4.98 Å². The minimum atomic E-state index is -0.489. The third-order valence-corrected chi connectivity index (χ3v) is 3.60. The molecule has 1 aliphatic heterocycles. The molecule has 3 N–H and O–H groups in total. The van der Waals surface area contributed by atoms with Gasteiger partial charge in [0.25, 0.3) is 0 Å². The predicted octanol–water partition coefficient (Wildman–Crippen LogP) is 0.349. The van der Waals surface area contributed by atoms with E-state index in [9.17, 15) is 9.90 Å². The second-order valence-corrected chi connectivity index (χ2v) is 5.38. The van der Waals surface area contributed by atoms with Gasteiger partial charge in [-0.2, -0.15) is 0 Å². The molecule has 2 heterocycles. The van der Waals surface area contributed by atoms with Gasteiger partial charge in [0.1, 0.15) is 5.82 Å². The van der Waals surface area contributed by atoms with Crippen molar-refractivity contribution in [3.05, 3.63) is 23.4 Å². The Balaban J connectivity index is 1.84. The van der Waals surface area contributed by atoms with Gasteiger partial charge < -0.3 is 15.5 Å². The van der Waals surface area contributed by atoms with Crippen LogP contribution in [0.2, 0.25) is 5.02 Å². The molecule has 0 spiro atoms. The molecule has 0 aliphatic carbocycles. The lowest BCUT2D eigenvalue weighted by atomic mass is 9.95. The van der Waals surface area contributed by atoms with E-state index < -0.39 is 6.10 Å².